The third-order valence-corrected chi connectivity index (χ3v) is 3.93. The predicted molar refractivity (Wildman–Crippen MR) is 78.7 cm³/mol. The zero-order valence-electron chi connectivity index (χ0n) is 12.4. The van der Waals surface area contributed by atoms with Crippen LogP contribution >= 0.6 is 0 Å². The summed E-state index contributed by atoms with van der Waals surface area (Å²) in [5.74, 6) is 1.56. The number of piperidine rings is 1. The molecule has 20 heavy (non-hydrogen) atoms. The summed E-state index contributed by atoms with van der Waals surface area (Å²) in [5.41, 5.74) is 1.66. The molecule has 0 bridgehead atoms. The van der Waals surface area contributed by atoms with Crippen LogP contribution in [0.15, 0.2) is 6.20 Å². The summed E-state index contributed by atoms with van der Waals surface area (Å²) in [5, 5.41) is 18.7. The Balaban J connectivity index is 2.18. The van der Waals surface area contributed by atoms with Gasteiger partial charge in [-0.2, -0.15) is 0 Å². The van der Waals surface area contributed by atoms with Crippen molar-refractivity contribution in [2.75, 3.05) is 24.6 Å². The zero-order chi connectivity index (χ0) is 14.5. The highest BCUT2D eigenvalue weighted by Gasteiger charge is 2.22. The normalized spacial score (nSPS) is 19.6. The van der Waals surface area contributed by atoms with Crippen molar-refractivity contribution >= 4 is 5.69 Å². The van der Waals surface area contributed by atoms with Crippen molar-refractivity contribution < 1.29 is 10.2 Å². The van der Waals surface area contributed by atoms with Gasteiger partial charge in [0.2, 0.25) is 0 Å². The number of nitrogens with zero attached hydrogens (tertiary/aromatic N) is 3. The fourth-order valence-electron chi connectivity index (χ4n) is 2.79. The molecule has 1 aromatic heterocycles. The molecule has 112 valence electrons. The minimum absolute atomic E-state index is 0.0568. The third-order valence-electron chi connectivity index (χ3n) is 3.93. The Morgan fingerprint density at radius 1 is 1.40 bits per heavy atom. The number of aromatic nitrogens is 2. The standard InChI is InChI=1S/C15H25N3O2/c1-11(2)15-16-8-14(13(10-20)17-15)18-6-3-4-12(9-18)5-7-19/h8,11-12,19-20H,3-7,9-10H2,1-2H3. The van der Waals surface area contributed by atoms with Gasteiger partial charge in [-0.1, -0.05) is 13.8 Å². The van der Waals surface area contributed by atoms with E-state index in [1.54, 1.807) is 0 Å². The number of aliphatic hydroxyl groups is 2. The van der Waals surface area contributed by atoms with Crippen LogP contribution in [0.1, 0.15) is 50.5 Å². The van der Waals surface area contributed by atoms with E-state index < -0.39 is 0 Å². The van der Waals surface area contributed by atoms with Crippen molar-refractivity contribution in [2.24, 2.45) is 5.92 Å². The lowest BCUT2D eigenvalue weighted by Crippen LogP contribution is -2.36. The first-order chi connectivity index (χ1) is 9.65. The topological polar surface area (TPSA) is 69.5 Å². The first-order valence-corrected chi connectivity index (χ1v) is 7.48. The molecule has 5 nitrogen and oxygen atoms in total. The van der Waals surface area contributed by atoms with Crippen molar-refractivity contribution in [2.45, 2.75) is 45.6 Å². The number of rotatable bonds is 5. The SMILES string of the molecule is CC(C)c1ncc(N2CCCC(CCO)C2)c(CO)n1. The number of aliphatic hydroxyl groups excluding tert-OH is 2. The van der Waals surface area contributed by atoms with Gasteiger partial charge < -0.3 is 15.1 Å². The lowest BCUT2D eigenvalue weighted by molar-refractivity contribution is 0.243. The molecule has 2 heterocycles. The molecule has 5 heteroatoms. The van der Waals surface area contributed by atoms with Crippen molar-refractivity contribution in [1.82, 2.24) is 9.97 Å². The fourth-order valence-corrected chi connectivity index (χ4v) is 2.79. The Morgan fingerprint density at radius 2 is 2.20 bits per heavy atom. The molecule has 0 saturated carbocycles. The molecular weight excluding hydrogens is 254 g/mol. The average molecular weight is 279 g/mol. The Hall–Kier alpha value is -1.20. The molecule has 1 fully saturated rings. The third kappa shape index (κ3) is 3.46. The van der Waals surface area contributed by atoms with Crippen molar-refractivity contribution in [3.8, 4) is 0 Å². The molecule has 0 spiro atoms. The Morgan fingerprint density at radius 3 is 2.85 bits per heavy atom. The summed E-state index contributed by atoms with van der Waals surface area (Å²) in [6.45, 7) is 6.17. The minimum atomic E-state index is -0.0568. The van der Waals surface area contributed by atoms with Gasteiger partial charge in [-0.15, -0.1) is 0 Å². The van der Waals surface area contributed by atoms with Gasteiger partial charge in [0.25, 0.3) is 0 Å². The highest BCUT2D eigenvalue weighted by Crippen LogP contribution is 2.27. The van der Waals surface area contributed by atoms with Crippen LogP contribution < -0.4 is 4.90 Å². The van der Waals surface area contributed by atoms with Gasteiger partial charge in [0, 0.05) is 25.6 Å². The van der Waals surface area contributed by atoms with Crippen LogP contribution in [0.2, 0.25) is 0 Å². The maximum absolute atomic E-state index is 9.57. The Labute approximate surface area is 120 Å². The maximum atomic E-state index is 9.57. The van der Waals surface area contributed by atoms with Crippen molar-refractivity contribution in [3.05, 3.63) is 17.7 Å². The van der Waals surface area contributed by atoms with Crippen LogP contribution in [-0.2, 0) is 6.61 Å². The van der Waals surface area contributed by atoms with E-state index in [2.05, 4.69) is 14.9 Å². The van der Waals surface area contributed by atoms with Crippen LogP contribution in [-0.4, -0.2) is 39.9 Å². The largest absolute Gasteiger partial charge is 0.396 e. The Bertz CT molecular complexity index is 435. The van der Waals surface area contributed by atoms with Gasteiger partial charge in [-0.05, 0) is 25.2 Å². The van der Waals surface area contributed by atoms with Crippen LogP contribution in [0, 0.1) is 5.92 Å². The van der Waals surface area contributed by atoms with E-state index in [1.807, 2.05) is 20.0 Å². The van der Waals surface area contributed by atoms with E-state index in [0.717, 1.165) is 43.9 Å². The molecule has 1 saturated heterocycles. The van der Waals surface area contributed by atoms with Crippen LogP contribution in [0.4, 0.5) is 5.69 Å². The second kappa shape index (κ2) is 6.99. The lowest BCUT2D eigenvalue weighted by atomic mass is 9.95. The van der Waals surface area contributed by atoms with Gasteiger partial charge in [0.15, 0.2) is 0 Å². The molecule has 0 aliphatic carbocycles. The molecule has 0 aromatic carbocycles. The highest BCUT2D eigenvalue weighted by atomic mass is 16.3. The number of hydrogen-bond acceptors (Lipinski definition) is 5. The van der Waals surface area contributed by atoms with E-state index in [1.165, 1.54) is 0 Å². The molecular formula is C15H25N3O2. The second-order valence-electron chi connectivity index (χ2n) is 5.84. The van der Waals surface area contributed by atoms with E-state index in [0.29, 0.717) is 11.6 Å². The lowest BCUT2D eigenvalue weighted by Gasteiger charge is -2.34. The quantitative estimate of drug-likeness (QED) is 0.858. The van der Waals surface area contributed by atoms with E-state index >= 15 is 0 Å². The summed E-state index contributed by atoms with van der Waals surface area (Å²) < 4.78 is 0. The van der Waals surface area contributed by atoms with Crippen LogP contribution in [0.3, 0.4) is 0 Å². The number of hydrogen-bond donors (Lipinski definition) is 2. The monoisotopic (exact) mass is 279 g/mol. The molecule has 0 radical (unpaired) electrons. The van der Waals surface area contributed by atoms with Crippen molar-refractivity contribution in [3.63, 3.8) is 0 Å². The summed E-state index contributed by atoms with van der Waals surface area (Å²) in [4.78, 5) is 11.2. The van der Waals surface area contributed by atoms with E-state index in [-0.39, 0.29) is 19.1 Å². The summed E-state index contributed by atoms with van der Waals surface area (Å²) >= 11 is 0. The van der Waals surface area contributed by atoms with Crippen molar-refractivity contribution in [1.29, 1.82) is 0 Å². The molecule has 1 aliphatic rings. The summed E-state index contributed by atoms with van der Waals surface area (Å²) in [7, 11) is 0. The predicted octanol–water partition coefficient (Wildman–Crippen LogP) is 1.69. The number of anilines is 1. The van der Waals surface area contributed by atoms with E-state index in [9.17, 15) is 5.11 Å². The molecule has 1 atom stereocenters. The average Bonchev–Trinajstić information content (AvgIpc) is 2.47. The van der Waals surface area contributed by atoms with Gasteiger partial charge in [0.05, 0.1) is 24.2 Å². The first-order valence-electron chi connectivity index (χ1n) is 7.48. The van der Waals surface area contributed by atoms with Crippen LogP contribution in [0.5, 0.6) is 0 Å². The zero-order valence-corrected chi connectivity index (χ0v) is 12.4. The van der Waals surface area contributed by atoms with Gasteiger partial charge in [-0.3, -0.25) is 0 Å². The molecule has 1 aromatic rings. The molecule has 2 rings (SSSR count). The second-order valence-corrected chi connectivity index (χ2v) is 5.84. The van der Waals surface area contributed by atoms with Gasteiger partial charge >= 0.3 is 0 Å². The molecule has 0 amide bonds. The summed E-state index contributed by atoms with van der Waals surface area (Å²) in [6.07, 6.45) is 4.96. The van der Waals surface area contributed by atoms with Gasteiger partial charge in [0.1, 0.15) is 5.82 Å². The molecule has 1 aliphatic heterocycles. The smallest absolute Gasteiger partial charge is 0.131 e. The van der Waals surface area contributed by atoms with E-state index in [4.69, 9.17) is 5.11 Å². The summed E-state index contributed by atoms with van der Waals surface area (Å²) in [6, 6.07) is 0. The van der Waals surface area contributed by atoms with Crippen LogP contribution in [0.25, 0.3) is 0 Å². The Kier molecular flexibility index (Phi) is 5.31. The first kappa shape index (κ1) is 15.2. The molecule has 2 N–H and O–H groups in total. The molecule has 1 unspecified atom stereocenters. The maximum Gasteiger partial charge on any atom is 0.131 e. The van der Waals surface area contributed by atoms with Gasteiger partial charge in [-0.25, -0.2) is 9.97 Å². The minimum Gasteiger partial charge on any atom is -0.396 e. The fraction of sp³-hybridized carbons (Fsp3) is 0.733. The highest BCUT2D eigenvalue weighted by molar-refractivity contribution is 5.49.